The van der Waals surface area contributed by atoms with Crippen LogP contribution in [-0.4, -0.2) is 22.7 Å². The number of aromatic nitrogens is 2. The molecule has 1 aromatic carbocycles. The minimum absolute atomic E-state index is 0.0103. The van der Waals surface area contributed by atoms with Gasteiger partial charge in [-0.05, 0) is 31.4 Å². The van der Waals surface area contributed by atoms with Crippen LogP contribution in [0.1, 0.15) is 26.5 Å². The number of halogens is 3. The van der Waals surface area contributed by atoms with E-state index in [1.807, 2.05) is 20.8 Å². The topological polar surface area (TPSA) is 39.1 Å². The van der Waals surface area contributed by atoms with Gasteiger partial charge in [-0.3, -0.25) is 4.57 Å². The molecule has 4 nitrogen and oxygen atoms in total. The zero-order chi connectivity index (χ0) is 17.3. The molecule has 0 bridgehead atoms. The minimum Gasteiger partial charge on any atom is -0.497 e. The van der Waals surface area contributed by atoms with Gasteiger partial charge < -0.3 is 10.1 Å². The maximum absolute atomic E-state index is 14.4. The summed E-state index contributed by atoms with van der Waals surface area (Å²) in [4.78, 5) is 4.13. The molecule has 23 heavy (non-hydrogen) atoms. The van der Waals surface area contributed by atoms with E-state index < -0.39 is 11.6 Å². The second-order valence-corrected chi connectivity index (χ2v) is 6.11. The highest BCUT2D eigenvalue weighted by atomic mass is 35.5. The number of imidazole rings is 1. The van der Waals surface area contributed by atoms with E-state index in [9.17, 15) is 8.78 Å². The molecule has 2 aromatic rings. The van der Waals surface area contributed by atoms with Crippen LogP contribution in [0.15, 0.2) is 12.1 Å². The second kappa shape index (κ2) is 6.74. The lowest BCUT2D eigenvalue weighted by Gasteiger charge is -2.21. The lowest BCUT2D eigenvalue weighted by molar-refractivity contribution is 0.406. The van der Waals surface area contributed by atoms with Crippen LogP contribution < -0.4 is 10.1 Å². The molecule has 0 aliphatic carbocycles. The van der Waals surface area contributed by atoms with Crippen molar-refractivity contribution in [3.63, 3.8) is 0 Å². The number of hydrogen-bond donors (Lipinski definition) is 1. The molecule has 126 valence electrons. The Morgan fingerprint density at radius 1 is 1.22 bits per heavy atom. The quantitative estimate of drug-likeness (QED) is 0.863. The fourth-order valence-electron chi connectivity index (χ4n) is 2.12. The van der Waals surface area contributed by atoms with E-state index in [1.165, 1.54) is 11.7 Å². The van der Waals surface area contributed by atoms with Crippen molar-refractivity contribution >= 4 is 17.4 Å². The van der Waals surface area contributed by atoms with E-state index in [0.29, 0.717) is 17.4 Å². The van der Waals surface area contributed by atoms with Crippen molar-refractivity contribution in [3.05, 3.63) is 34.7 Å². The fraction of sp³-hybridized carbons (Fsp3) is 0.438. The van der Waals surface area contributed by atoms with Crippen molar-refractivity contribution in [2.45, 2.75) is 33.7 Å². The lowest BCUT2D eigenvalue weighted by Crippen LogP contribution is -2.24. The average molecular weight is 344 g/mol. The largest absolute Gasteiger partial charge is 0.497 e. The monoisotopic (exact) mass is 343 g/mol. The molecular weight excluding hydrogens is 324 g/mol. The summed E-state index contributed by atoms with van der Waals surface area (Å²) in [5.41, 5.74) is 0.284. The van der Waals surface area contributed by atoms with Crippen molar-refractivity contribution in [2.24, 2.45) is 5.92 Å². The number of methoxy groups -OCH3 is 1. The molecule has 0 saturated carbocycles. The molecule has 1 N–H and O–H groups in total. The van der Waals surface area contributed by atoms with Crippen molar-refractivity contribution in [1.29, 1.82) is 0 Å². The van der Waals surface area contributed by atoms with E-state index >= 15 is 0 Å². The van der Waals surface area contributed by atoms with Gasteiger partial charge in [-0.25, -0.2) is 13.8 Å². The summed E-state index contributed by atoms with van der Waals surface area (Å²) in [6.45, 7) is 7.81. The smallest absolute Gasteiger partial charge is 0.209 e. The van der Waals surface area contributed by atoms with Crippen LogP contribution >= 0.6 is 11.6 Å². The summed E-state index contributed by atoms with van der Waals surface area (Å²) in [7, 11) is 1.35. The van der Waals surface area contributed by atoms with Crippen LogP contribution in [0.4, 0.5) is 14.6 Å². The molecule has 0 amide bonds. The number of aryl methyl sites for hydroxylation is 1. The van der Waals surface area contributed by atoms with Crippen LogP contribution in [0.5, 0.6) is 5.75 Å². The van der Waals surface area contributed by atoms with Crippen molar-refractivity contribution in [3.8, 4) is 11.4 Å². The third-order valence-corrected chi connectivity index (χ3v) is 4.08. The molecule has 1 atom stereocenters. The Morgan fingerprint density at radius 3 is 2.26 bits per heavy atom. The summed E-state index contributed by atoms with van der Waals surface area (Å²) < 4.78 is 34.9. The SMILES string of the molecule is COc1cc(F)c(-n2c(Cl)nc(C)c2NC(C)C(C)C)c(F)c1. The van der Waals surface area contributed by atoms with E-state index in [-0.39, 0.29) is 22.8 Å². The molecule has 1 unspecified atom stereocenters. The normalized spacial score (nSPS) is 12.6. The summed E-state index contributed by atoms with van der Waals surface area (Å²) in [5.74, 6) is -0.661. The van der Waals surface area contributed by atoms with E-state index in [0.717, 1.165) is 12.1 Å². The van der Waals surface area contributed by atoms with E-state index in [1.54, 1.807) is 6.92 Å². The van der Waals surface area contributed by atoms with Gasteiger partial charge in [-0.15, -0.1) is 0 Å². The average Bonchev–Trinajstić information content (AvgIpc) is 2.73. The Labute approximate surface area is 139 Å². The predicted molar refractivity (Wildman–Crippen MR) is 87.7 cm³/mol. The third kappa shape index (κ3) is 3.42. The molecule has 0 saturated heterocycles. The Bertz CT molecular complexity index is 693. The number of benzene rings is 1. The molecule has 0 radical (unpaired) electrons. The number of nitrogens with one attached hydrogen (secondary N) is 1. The Morgan fingerprint density at radius 2 is 1.78 bits per heavy atom. The summed E-state index contributed by atoms with van der Waals surface area (Å²) >= 11 is 6.11. The highest BCUT2D eigenvalue weighted by Gasteiger charge is 2.23. The molecule has 1 aromatic heterocycles. The van der Waals surface area contributed by atoms with Crippen LogP contribution in [0.25, 0.3) is 5.69 Å². The van der Waals surface area contributed by atoms with E-state index in [4.69, 9.17) is 16.3 Å². The molecule has 0 aliphatic rings. The van der Waals surface area contributed by atoms with Gasteiger partial charge in [0, 0.05) is 18.2 Å². The number of ether oxygens (including phenoxy) is 1. The van der Waals surface area contributed by atoms with Gasteiger partial charge in [0.2, 0.25) is 5.28 Å². The molecule has 0 spiro atoms. The van der Waals surface area contributed by atoms with E-state index in [2.05, 4.69) is 10.3 Å². The minimum atomic E-state index is -0.776. The lowest BCUT2D eigenvalue weighted by atomic mass is 10.1. The first-order chi connectivity index (χ1) is 10.8. The van der Waals surface area contributed by atoms with Crippen molar-refractivity contribution in [1.82, 2.24) is 9.55 Å². The standard InChI is InChI=1S/C16H20ClF2N3O/c1-8(2)9(3)20-15-10(4)21-16(17)22(15)14-12(18)6-11(23-5)7-13(14)19/h6-9,20H,1-5H3. The summed E-state index contributed by atoms with van der Waals surface area (Å²) in [5, 5.41) is 3.22. The number of anilines is 1. The van der Waals surface area contributed by atoms with Crippen LogP contribution in [-0.2, 0) is 0 Å². The Hall–Kier alpha value is -1.82. The van der Waals surface area contributed by atoms with Gasteiger partial charge >= 0.3 is 0 Å². The number of hydrogen-bond acceptors (Lipinski definition) is 3. The number of rotatable bonds is 5. The third-order valence-electron chi connectivity index (χ3n) is 3.82. The molecule has 0 aliphatic heterocycles. The number of nitrogens with zero attached hydrogens (tertiary/aromatic N) is 2. The second-order valence-electron chi connectivity index (χ2n) is 5.77. The van der Waals surface area contributed by atoms with Gasteiger partial charge in [0.25, 0.3) is 0 Å². The summed E-state index contributed by atoms with van der Waals surface area (Å²) in [6.07, 6.45) is 0. The van der Waals surface area contributed by atoms with Gasteiger partial charge in [-0.2, -0.15) is 0 Å². The fourth-order valence-corrected chi connectivity index (χ4v) is 2.42. The summed E-state index contributed by atoms with van der Waals surface area (Å²) in [6, 6.07) is 2.30. The Balaban J connectivity index is 2.60. The highest BCUT2D eigenvalue weighted by molar-refractivity contribution is 6.29. The molecule has 2 rings (SSSR count). The Kier molecular flexibility index (Phi) is 5.14. The maximum Gasteiger partial charge on any atom is 0.209 e. The zero-order valence-electron chi connectivity index (χ0n) is 13.7. The molecule has 1 heterocycles. The van der Waals surface area contributed by atoms with Gasteiger partial charge in [-0.1, -0.05) is 13.8 Å². The van der Waals surface area contributed by atoms with Crippen molar-refractivity contribution < 1.29 is 13.5 Å². The maximum atomic E-state index is 14.4. The van der Waals surface area contributed by atoms with Gasteiger partial charge in [0.1, 0.15) is 17.3 Å². The van der Waals surface area contributed by atoms with Crippen LogP contribution in [0, 0.1) is 24.5 Å². The van der Waals surface area contributed by atoms with Gasteiger partial charge in [0.15, 0.2) is 11.6 Å². The highest BCUT2D eigenvalue weighted by Crippen LogP contribution is 2.32. The van der Waals surface area contributed by atoms with Gasteiger partial charge in [0.05, 0.1) is 12.8 Å². The molecule has 7 heteroatoms. The zero-order valence-corrected chi connectivity index (χ0v) is 14.5. The molecule has 0 fully saturated rings. The van der Waals surface area contributed by atoms with Crippen LogP contribution in [0.2, 0.25) is 5.28 Å². The van der Waals surface area contributed by atoms with Crippen LogP contribution in [0.3, 0.4) is 0 Å². The first kappa shape index (κ1) is 17.5. The predicted octanol–water partition coefficient (Wildman–Crippen LogP) is 4.58. The van der Waals surface area contributed by atoms with Crippen molar-refractivity contribution in [2.75, 3.05) is 12.4 Å². The molecular formula is C16H20ClF2N3O. The first-order valence-electron chi connectivity index (χ1n) is 7.31. The first-order valence-corrected chi connectivity index (χ1v) is 7.68.